The van der Waals surface area contributed by atoms with Crippen LogP contribution in [0.25, 0.3) is 11.3 Å². The van der Waals surface area contributed by atoms with Crippen LogP contribution in [0.5, 0.6) is 0 Å². The highest BCUT2D eigenvalue weighted by atomic mass is 32.2. The first-order chi connectivity index (χ1) is 17.9. The Morgan fingerprint density at radius 1 is 1.05 bits per heavy atom. The highest BCUT2D eigenvalue weighted by Gasteiger charge is 2.34. The molecular formula is C25H28N8O3S. The molecule has 1 atom stereocenters. The lowest BCUT2D eigenvalue weighted by molar-refractivity contribution is 0.102. The summed E-state index contributed by atoms with van der Waals surface area (Å²) in [5, 5.41) is 12.1. The fourth-order valence-electron chi connectivity index (χ4n) is 5.04. The van der Waals surface area contributed by atoms with Gasteiger partial charge in [-0.2, -0.15) is 9.78 Å². The Labute approximate surface area is 214 Å². The van der Waals surface area contributed by atoms with E-state index in [4.69, 9.17) is 5.10 Å². The molecule has 4 aromatic rings. The maximum Gasteiger partial charge on any atom is 0.260 e. The molecule has 0 aliphatic carbocycles. The molecule has 37 heavy (non-hydrogen) atoms. The van der Waals surface area contributed by atoms with Crippen LogP contribution in [0.15, 0.2) is 55.0 Å². The quantitative estimate of drug-likeness (QED) is 0.423. The van der Waals surface area contributed by atoms with E-state index in [1.165, 1.54) is 0 Å². The summed E-state index contributed by atoms with van der Waals surface area (Å²) in [6.45, 7) is 4.93. The Balaban J connectivity index is 1.25. The molecule has 0 spiro atoms. The van der Waals surface area contributed by atoms with Crippen LogP contribution in [0.1, 0.15) is 22.3 Å². The maximum absolute atomic E-state index is 13.3. The zero-order valence-electron chi connectivity index (χ0n) is 20.5. The molecule has 2 fully saturated rings. The highest BCUT2D eigenvalue weighted by Crippen LogP contribution is 2.26. The van der Waals surface area contributed by atoms with Crippen LogP contribution >= 0.6 is 0 Å². The van der Waals surface area contributed by atoms with Crippen LogP contribution < -0.4 is 10.2 Å². The summed E-state index contributed by atoms with van der Waals surface area (Å²) in [6, 6.07) is 11.4. The van der Waals surface area contributed by atoms with E-state index in [1.807, 2.05) is 43.3 Å². The van der Waals surface area contributed by atoms with Gasteiger partial charge in [0.25, 0.3) is 5.91 Å². The lowest BCUT2D eigenvalue weighted by atomic mass is 10.2. The maximum atomic E-state index is 13.3. The van der Waals surface area contributed by atoms with Crippen LogP contribution in [-0.2, 0) is 9.84 Å². The Bertz CT molecular complexity index is 1550. The minimum absolute atomic E-state index is 0.0992. The van der Waals surface area contributed by atoms with Gasteiger partial charge in [0.15, 0.2) is 21.5 Å². The van der Waals surface area contributed by atoms with Crippen LogP contribution in [0.2, 0.25) is 0 Å². The molecule has 0 aromatic carbocycles. The van der Waals surface area contributed by atoms with Gasteiger partial charge >= 0.3 is 0 Å². The van der Waals surface area contributed by atoms with Gasteiger partial charge in [0.2, 0.25) is 0 Å². The average Bonchev–Trinajstić information content (AvgIpc) is 3.61. The minimum Gasteiger partial charge on any atom is -0.353 e. The Hall–Kier alpha value is -3.77. The first kappa shape index (κ1) is 23.6. The van der Waals surface area contributed by atoms with Crippen LogP contribution in [0.3, 0.4) is 0 Å². The Kier molecular flexibility index (Phi) is 5.92. The van der Waals surface area contributed by atoms with Crippen molar-refractivity contribution in [3.8, 4) is 5.82 Å². The Morgan fingerprint density at radius 3 is 2.62 bits per heavy atom. The molecule has 11 nitrogen and oxygen atoms in total. The second-order valence-electron chi connectivity index (χ2n) is 9.62. The predicted molar refractivity (Wildman–Crippen MR) is 140 cm³/mol. The van der Waals surface area contributed by atoms with Crippen molar-refractivity contribution in [1.82, 2.24) is 29.3 Å². The van der Waals surface area contributed by atoms with Crippen molar-refractivity contribution in [3.05, 3.63) is 66.1 Å². The van der Waals surface area contributed by atoms with Gasteiger partial charge in [0, 0.05) is 50.7 Å². The SMILES string of the molecule is Cc1ccc(-n2nc(N3CCN([C@H]4CCS(=O)(=O)C4)CC3)cc2NC(=O)c2cnn3ccccc23)nc1. The number of aryl methyl sites for hydroxylation is 1. The van der Waals surface area contributed by atoms with E-state index in [9.17, 15) is 13.2 Å². The molecule has 0 radical (unpaired) electrons. The molecule has 4 aromatic heterocycles. The van der Waals surface area contributed by atoms with E-state index >= 15 is 0 Å². The van der Waals surface area contributed by atoms with Crippen molar-refractivity contribution < 1.29 is 13.2 Å². The van der Waals surface area contributed by atoms with Crippen LogP contribution in [0.4, 0.5) is 11.6 Å². The summed E-state index contributed by atoms with van der Waals surface area (Å²) >= 11 is 0. The number of carbonyl (C=O) groups excluding carboxylic acids is 1. The van der Waals surface area contributed by atoms with Crippen molar-refractivity contribution in [1.29, 1.82) is 0 Å². The molecule has 192 valence electrons. The minimum atomic E-state index is -2.91. The summed E-state index contributed by atoms with van der Waals surface area (Å²) in [5.41, 5.74) is 2.20. The van der Waals surface area contributed by atoms with Gasteiger partial charge in [-0.05, 0) is 37.1 Å². The Morgan fingerprint density at radius 2 is 1.89 bits per heavy atom. The third-order valence-electron chi connectivity index (χ3n) is 7.08. The van der Waals surface area contributed by atoms with Crippen molar-refractivity contribution in [2.75, 3.05) is 47.9 Å². The van der Waals surface area contributed by atoms with Gasteiger partial charge in [0.05, 0.1) is 28.8 Å². The average molecular weight is 521 g/mol. The van der Waals surface area contributed by atoms with Crippen molar-refractivity contribution >= 4 is 32.9 Å². The first-order valence-electron chi connectivity index (χ1n) is 12.3. The molecule has 1 amide bonds. The van der Waals surface area contributed by atoms with Gasteiger partial charge in [-0.3, -0.25) is 9.69 Å². The van der Waals surface area contributed by atoms with Crippen LogP contribution in [0, 0.1) is 6.92 Å². The summed E-state index contributed by atoms with van der Waals surface area (Å²) in [6.07, 6.45) is 5.82. The van der Waals surface area contributed by atoms with E-state index in [0.717, 1.165) is 37.6 Å². The number of hydrogen-bond donors (Lipinski definition) is 1. The molecule has 6 rings (SSSR count). The van der Waals surface area contributed by atoms with Crippen molar-refractivity contribution in [2.45, 2.75) is 19.4 Å². The number of nitrogens with one attached hydrogen (secondary N) is 1. The fourth-order valence-corrected chi connectivity index (χ4v) is 6.81. The van der Waals surface area contributed by atoms with Crippen LogP contribution in [-0.4, -0.2) is 87.3 Å². The number of amides is 1. The topological polar surface area (TPSA) is 118 Å². The van der Waals surface area contributed by atoms with Crippen molar-refractivity contribution in [3.63, 3.8) is 0 Å². The molecule has 2 aliphatic rings. The second-order valence-corrected chi connectivity index (χ2v) is 11.8. The molecule has 2 saturated heterocycles. The number of hydrogen-bond acceptors (Lipinski definition) is 8. The third-order valence-corrected chi connectivity index (χ3v) is 8.84. The number of pyridine rings is 2. The van der Waals surface area contributed by atoms with E-state index in [0.29, 0.717) is 29.1 Å². The normalized spacial score (nSPS) is 19.9. The predicted octanol–water partition coefficient (Wildman–Crippen LogP) is 1.78. The monoisotopic (exact) mass is 520 g/mol. The number of aromatic nitrogens is 5. The van der Waals surface area contributed by atoms with E-state index in [-0.39, 0.29) is 23.5 Å². The van der Waals surface area contributed by atoms with Crippen molar-refractivity contribution in [2.24, 2.45) is 0 Å². The molecule has 1 N–H and O–H groups in total. The molecule has 12 heteroatoms. The van der Waals surface area contributed by atoms with Gasteiger partial charge in [-0.25, -0.2) is 17.9 Å². The van der Waals surface area contributed by atoms with Gasteiger partial charge in [0.1, 0.15) is 5.82 Å². The van der Waals surface area contributed by atoms with Gasteiger partial charge < -0.3 is 10.2 Å². The van der Waals surface area contributed by atoms with E-state index in [1.54, 1.807) is 27.8 Å². The molecule has 0 saturated carbocycles. The lowest BCUT2D eigenvalue weighted by Crippen LogP contribution is -2.50. The first-order valence-corrected chi connectivity index (χ1v) is 14.1. The van der Waals surface area contributed by atoms with E-state index < -0.39 is 9.84 Å². The lowest BCUT2D eigenvalue weighted by Gasteiger charge is -2.37. The molecule has 6 heterocycles. The largest absolute Gasteiger partial charge is 0.353 e. The second kappa shape index (κ2) is 9.27. The number of anilines is 2. The summed E-state index contributed by atoms with van der Waals surface area (Å²) in [7, 11) is -2.91. The number of sulfone groups is 1. The van der Waals surface area contributed by atoms with Gasteiger partial charge in [-0.1, -0.05) is 12.1 Å². The molecule has 0 unspecified atom stereocenters. The number of nitrogens with zero attached hydrogens (tertiary/aromatic N) is 7. The molecule has 0 bridgehead atoms. The number of piperazine rings is 1. The molecular weight excluding hydrogens is 492 g/mol. The standard InChI is InChI=1S/C25H28N8O3S/c1-18-5-6-22(26-15-18)33-23(28-25(34)20-16-27-32-8-3-2-4-21(20)32)14-24(29-33)31-11-9-30(10-12-31)19-7-13-37(35,36)17-19/h2-6,8,14-16,19H,7,9-13,17H2,1H3,(H,28,34)/t19-/m0/s1. The zero-order valence-corrected chi connectivity index (χ0v) is 21.3. The zero-order chi connectivity index (χ0) is 25.6. The van der Waals surface area contributed by atoms with E-state index in [2.05, 4.69) is 25.2 Å². The number of rotatable bonds is 5. The summed E-state index contributed by atoms with van der Waals surface area (Å²) in [4.78, 5) is 22.2. The fraction of sp³-hybridized carbons (Fsp3) is 0.360. The van der Waals surface area contributed by atoms with Gasteiger partial charge in [-0.15, -0.1) is 5.10 Å². The summed E-state index contributed by atoms with van der Waals surface area (Å²) < 4.78 is 27.1. The third kappa shape index (κ3) is 4.69. The number of carbonyl (C=O) groups is 1. The highest BCUT2D eigenvalue weighted by molar-refractivity contribution is 7.91. The number of fused-ring (bicyclic) bond motifs is 1. The summed E-state index contributed by atoms with van der Waals surface area (Å²) in [5.74, 6) is 2.09. The smallest absolute Gasteiger partial charge is 0.260 e. The molecule has 2 aliphatic heterocycles.